The maximum atomic E-state index is 5.66. The van der Waals surface area contributed by atoms with Crippen molar-refractivity contribution >= 4 is 6.21 Å². The van der Waals surface area contributed by atoms with Crippen LogP contribution in [0.2, 0.25) is 0 Å². The molecule has 2 nitrogen and oxygen atoms in total. The highest BCUT2D eigenvalue weighted by Crippen LogP contribution is 2.22. The number of oxime groups is 1. The summed E-state index contributed by atoms with van der Waals surface area (Å²) in [4.78, 5) is 5.66. The maximum absolute atomic E-state index is 5.66. The first-order valence-electron chi connectivity index (χ1n) is 7.16. The van der Waals surface area contributed by atoms with Crippen molar-refractivity contribution in [2.45, 2.75) is 32.3 Å². The molecule has 20 heavy (non-hydrogen) atoms. The number of hydrogen-bond donors (Lipinski definition) is 0. The van der Waals surface area contributed by atoms with Crippen LogP contribution < -0.4 is 0 Å². The molecule has 0 unspecified atom stereocenters. The van der Waals surface area contributed by atoms with E-state index in [9.17, 15) is 0 Å². The van der Waals surface area contributed by atoms with Gasteiger partial charge in [-0.3, -0.25) is 0 Å². The Hall–Kier alpha value is -2.09. The van der Waals surface area contributed by atoms with Crippen LogP contribution in [0.5, 0.6) is 0 Å². The molecule has 2 aromatic rings. The Kier molecular flexibility index (Phi) is 5.84. The highest BCUT2D eigenvalue weighted by atomic mass is 16.6. The molecule has 2 heteroatoms. The first kappa shape index (κ1) is 14.3. The van der Waals surface area contributed by atoms with E-state index < -0.39 is 0 Å². The van der Waals surface area contributed by atoms with Gasteiger partial charge in [0.1, 0.15) is 0 Å². The lowest BCUT2D eigenvalue weighted by atomic mass is 10.1. The number of hydrogen-bond acceptors (Lipinski definition) is 2. The fourth-order valence-electron chi connectivity index (χ4n) is 2.08. The van der Waals surface area contributed by atoms with Crippen molar-refractivity contribution in [3.8, 4) is 0 Å². The van der Waals surface area contributed by atoms with Crippen molar-refractivity contribution in [1.29, 1.82) is 0 Å². The zero-order valence-corrected chi connectivity index (χ0v) is 11.9. The van der Waals surface area contributed by atoms with Crippen LogP contribution in [0.3, 0.4) is 0 Å². The molecule has 0 radical (unpaired) electrons. The minimum absolute atomic E-state index is 0.0493. The summed E-state index contributed by atoms with van der Waals surface area (Å²) in [6.07, 6.45) is 4.74. The molecule has 0 N–H and O–H groups in total. The van der Waals surface area contributed by atoms with Crippen LogP contribution in [0, 0.1) is 0 Å². The molecule has 0 aromatic heterocycles. The second kappa shape index (κ2) is 8.16. The minimum Gasteiger partial charge on any atom is -0.388 e. The predicted molar refractivity (Wildman–Crippen MR) is 83.8 cm³/mol. The van der Waals surface area contributed by atoms with Gasteiger partial charge in [-0.05, 0) is 17.5 Å². The Morgan fingerprint density at radius 1 is 1.00 bits per heavy atom. The van der Waals surface area contributed by atoms with Gasteiger partial charge in [0.05, 0.1) is 0 Å². The van der Waals surface area contributed by atoms with Crippen molar-refractivity contribution in [1.82, 2.24) is 0 Å². The molecule has 2 rings (SSSR count). The topological polar surface area (TPSA) is 21.6 Å². The van der Waals surface area contributed by atoms with Crippen molar-refractivity contribution < 1.29 is 4.84 Å². The average Bonchev–Trinajstić information content (AvgIpc) is 2.52. The predicted octanol–water partition coefficient (Wildman–Crippen LogP) is 4.77. The molecule has 0 bridgehead atoms. The molecule has 0 aliphatic carbocycles. The smallest absolute Gasteiger partial charge is 0.152 e. The minimum atomic E-state index is 0.0493. The van der Waals surface area contributed by atoms with E-state index in [4.69, 9.17) is 4.84 Å². The number of rotatable bonds is 7. The highest BCUT2D eigenvalue weighted by molar-refractivity contribution is 5.60. The van der Waals surface area contributed by atoms with Gasteiger partial charge < -0.3 is 4.84 Å². The van der Waals surface area contributed by atoms with Crippen LogP contribution in [-0.4, -0.2) is 6.21 Å². The SMILES string of the molecule is CCC[C@H](O/N=C/Cc1ccccc1)c1ccccc1. The third kappa shape index (κ3) is 4.54. The van der Waals surface area contributed by atoms with Gasteiger partial charge >= 0.3 is 0 Å². The van der Waals surface area contributed by atoms with Gasteiger partial charge in [0.15, 0.2) is 6.10 Å². The zero-order chi connectivity index (χ0) is 14.0. The quantitative estimate of drug-likeness (QED) is 0.523. The first-order chi connectivity index (χ1) is 9.90. The summed E-state index contributed by atoms with van der Waals surface area (Å²) in [6.45, 7) is 2.16. The molecule has 0 aliphatic heterocycles. The summed E-state index contributed by atoms with van der Waals surface area (Å²) in [5.41, 5.74) is 2.43. The standard InChI is InChI=1S/C18H21NO/c1-2-9-18(17-12-7-4-8-13-17)20-19-15-14-16-10-5-3-6-11-16/h3-8,10-13,15,18H,2,9,14H2,1H3/b19-15+/t18-/m0/s1. The lowest BCUT2D eigenvalue weighted by Gasteiger charge is -2.14. The van der Waals surface area contributed by atoms with Gasteiger partial charge in [0.2, 0.25) is 0 Å². The van der Waals surface area contributed by atoms with Gasteiger partial charge in [0.25, 0.3) is 0 Å². The highest BCUT2D eigenvalue weighted by Gasteiger charge is 2.10. The molecule has 1 atom stereocenters. The van der Waals surface area contributed by atoms with Crippen LogP contribution in [0.1, 0.15) is 37.0 Å². The number of benzene rings is 2. The van der Waals surface area contributed by atoms with Crippen LogP contribution in [0.15, 0.2) is 65.8 Å². The van der Waals surface area contributed by atoms with E-state index in [1.165, 1.54) is 11.1 Å². The fourth-order valence-corrected chi connectivity index (χ4v) is 2.08. The van der Waals surface area contributed by atoms with Crippen molar-refractivity contribution in [2.24, 2.45) is 5.16 Å². The van der Waals surface area contributed by atoms with Crippen molar-refractivity contribution in [3.63, 3.8) is 0 Å². The molecule has 0 amide bonds. The molecular formula is C18H21NO. The molecule has 0 saturated carbocycles. The summed E-state index contributed by atoms with van der Waals surface area (Å²) in [7, 11) is 0. The van der Waals surface area contributed by atoms with Gasteiger partial charge in [-0.15, -0.1) is 0 Å². The Morgan fingerprint density at radius 3 is 2.30 bits per heavy atom. The molecule has 0 heterocycles. The average molecular weight is 267 g/mol. The maximum Gasteiger partial charge on any atom is 0.152 e. The monoisotopic (exact) mass is 267 g/mol. The third-order valence-electron chi connectivity index (χ3n) is 3.15. The Balaban J connectivity index is 1.89. The van der Waals surface area contributed by atoms with E-state index in [1.807, 2.05) is 42.6 Å². The fraction of sp³-hybridized carbons (Fsp3) is 0.278. The summed E-state index contributed by atoms with van der Waals surface area (Å²) in [5.74, 6) is 0. The second-order valence-corrected chi connectivity index (χ2v) is 4.77. The summed E-state index contributed by atoms with van der Waals surface area (Å²) in [5, 5.41) is 4.14. The Labute approximate surface area is 121 Å². The van der Waals surface area contributed by atoms with Gasteiger partial charge in [-0.1, -0.05) is 79.2 Å². The molecule has 0 fully saturated rings. The van der Waals surface area contributed by atoms with Gasteiger partial charge in [-0.25, -0.2) is 0 Å². The molecule has 104 valence electrons. The summed E-state index contributed by atoms with van der Waals surface area (Å²) < 4.78 is 0. The Bertz CT molecular complexity index is 507. The molecule has 2 aromatic carbocycles. The van der Waals surface area contributed by atoms with Crippen LogP contribution in [0.4, 0.5) is 0 Å². The van der Waals surface area contributed by atoms with E-state index >= 15 is 0 Å². The second-order valence-electron chi connectivity index (χ2n) is 4.77. The van der Waals surface area contributed by atoms with E-state index in [0.717, 1.165) is 19.3 Å². The largest absolute Gasteiger partial charge is 0.388 e. The molecule has 0 spiro atoms. The molecular weight excluding hydrogens is 246 g/mol. The lowest BCUT2D eigenvalue weighted by molar-refractivity contribution is 0.0524. The molecule has 0 saturated heterocycles. The van der Waals surface area contributed by atoms with Gasteiger partial charge in [0, 0.05) is 12.6 Å². The normalized spacial score (nSPS) is 12.4. The summed E-state index contributed by atoms with van der Waals surface area (Å²) >= 11 is 0. The van der Waals surface area contributed by atoms with E-state index in [1.54, 1.807) is 0 Å². The third-order valence-corrected chi connectivity index (χ3v) is 3.15. The van der Waals surface area contributed by atoms with E-state index in [-0.39, 0.29) is 6.10 Å². The summed E-state index contributed by atoms with van der Waals surface area (Å²) in [6, 6.07) is 20.5. The number of nitrogens with zero attached hydrogens (tertiary/aromatic N) is 1. The molecule has 0 aliphatic rings. The first-order valence-corrected chi connectivity index (χ1v) is 7.16. The van der Waals surface area contributed by atoms with Crippen LogP contribution in [0.25, 0.3) is 0 Å². The van der Waals surface area contributed by atoms with E-state index in [2.05, 4.69) is 36.3 Å². The van der Waals surface area contributed by atoms with Crippen molar-refractivity contribution in [3.05, 3.63) is 71.8 Å². The Morgan fingerprint density at radius 2 is 1.65 bits per heavy atom. The lowest BCUT2D eigenvalue weighted by Crippen LogP contribution is -2.00. The van der Waals surface area contributed by atoms with Gasteiger partial charge in [-0.2, -0.15) is 0 Å². The van der Waals surface area contributed by atoms with E-state index in [0.29, 0.717) is 0 Å². The van der Waals surface area contributed by atoms with Crippen LogP contribution in [-0.2, 0) is 11.3 Å². The van der Waals surface area contributed by atoms with Crippen LogP contribution >= 0.6 is 0 Å². The van der Waals surface area contributed by atoms with Crippen molar-refractivity contribution in [2.75, 3.05) is 0 Å². The zero-order valence-electron chi connectivity index (χ0n) is 11.9.